The van der Waals surface area contributed by atoms with Gasteiger partial charge in [-0.05, 0) is 37.1 Å². The molecule has 0 unspecified atom stereocenters. The van der Waals surface area contributed by atoms with E-state index < -0.39 is 5.56 Å². The summed E-state index contributed by atoms with van der Waals surface area (Å²) in [7, 11) is 0. The fourth-order valence-electron chi connectivity index (χ4n) is 2.21. The molecule has 2 rings (SSSR count). The summed E-state index contributed by atoms with van der Waals surface area (Å²) >= 11 is 5.82. The van der Waals surface area contributed by atoms with Crippen molar-refractivity contribution in [1.82, 2.24) is 4.57 Å². The second-order valence-electron chi connectivity index (χ2n) is 5.77. The van der Waals surface area contributed by atoms with E-state index >= 15 is 0 Å². The van der Waals surface area contributed by atoms with Crippen molar-refractivity contribution in [3.05, 3.63) is 50.8 Å². The first-order valence-electron chi connectivity index (χ1n) is 7.39. The first-order chi connectivity index (χ1) is 11.3. The van der Waals surface area contributed by atoms with Crippen LogP contribution in [0.15, 0.2) is 39.3 Å². The van der Waals surface area contributed by atoms with E-state index in [1.54, 1.807) is 31.2 Å². The van der Waals surface area contributed by atoms with Gasteiger partial charge in [-0.15, -0.1) is 5.11 Å². The SMILES string of the molecule is Cc1c(C#N)c(O)n(CC(C)C)c(=O)c1N=Nc1ccc(Cl)cc1. The molecule has 24 heavy (non-hydrogen) atoms. The fourth-order valence-corrected chi connectivity index (χ4v) is 2.33. The number of nitriles is 1. The van der Waals surface area contributed by atoms with Crippen molar-refractivity contribution in [2.24, 2.45) is 16.1 Å². The predicted molar refractivity (Wildman–Crippen MR) is 92.3 cm³/mol. The number of pyridine rings is 1. The van der Waals surface area contributed by atoms with Gasteiger partial charge in [-0.1, -0.05) is 25.4 Å². The van der Waals surface area contributed by atoms with Gasteiger partial charge in [-0.25, -0.2) is 0 Å². The van der Waals surface area contributed by atoms with Crippen molar-refractivity contribution in [3.8, 4) is 11.9 Å². The number of azo groups is 1. The van der Waals surface area contributed by atoms with E-state index in [0.717, 1.165) is 4.57 Å². The lowest BCUT2D eigenvalue weighted by Crippen LogP contribution is -2.24. The number of hydrogen-bond acceptors (Lipinski definition) is 5. The Bertz CT molecular complexity index is 877. The van der Waals surface area contributed by atoms with Crippen molar-refractivity contribution >= 4 is 23.0 Å². The second-order valence-corrected chi connectivity index (χ2v) is 6.21. The number of halogens is 1. The van der Waals surface area contributed by atoms with Crippen molar-refractivity contribution < 1.29 is 5.11 Å². The molecule has 1 aromatic carbocycles. The molecule has 0 aliphatic rings. The van der Waals surface area contributed by atoms with E-state index in [0.29, 0.717) is 16.3 Å². The summed E-state index contributed by atoms with van der Waals surface area (Å²) in [6.45, 7) is 5.66. The lowest BCUT2D eigenvalue weighted by molar-refractivity contribution is 0.381. The Balaban J connectivity index is 2.58. The molecule has 1 aromatic heterocycles. The van der Waals surface area contributed by atoms with Gasteiger partial charge in [0.1, 0.15) is 11.6 Å². The van der Waals surface area contributed by atoms with E-state index in [1.807, 2.05) is 19.9 Å². The first-order valence-corrected chi connectivity index (χ1v) is 7.76. The van der Waals surface area contributed by atoms with Crippen LogP contribution in [0.25, 0.3) is 0 Å². The molecule has 124 valence electrons. The molecule has 1 N–H and O–H groups in total. The van der Waals surface area contributed by atoms with E-state index in [1.165, 1.54) is 0 Å². The quantitative estimate of drug-likeness (QED) is 0.830. The summed E-state index contributed by atoms with van der Waals surface area (Å²) in [5.41, 5.74) is 0.425. The summed E-state index contributed by atoms with van der Waals surface area (Å²) < 4.78 is 1.16. The van der Waals surface area contributed by atoms with Crippen molar-refractivity contribution in [1.29, 1.82) is 5.26 Å². The molecule has 0 saturated carbocycles. The molecule has 0 saturated heterocycles. The average molecular weight is 345 g/mol. The minimum Gasteiger partial charge on any atom is -0.493 e. The molecule has 0 aliphatic carbocycles. The van der Waals surface area contributed by atoms with Gasteiger partial charge >= 0.3 is 0 Å². The molecule has 0 aliphatic heterocycles. The number of nitrogens with zero attached hydrogens (tertiary/aromatic N) is 4. The van der Waals surface area contributed by atoms with Crippen molar-refractivity contribution in [2.45, 2.75) is 27.3 Å². The highest BCUT2D eigenvalue weighted by Gasteiger charge is 2.19. The molecular weight excluding hydrogens is 328 g/mol. The third-order valence-corrected chi connectivity index (χ3v) is 3.66. The van der Waals surface area contributed by atoms with E-state index in [-0.39, 0.29) is 29.6 Å². The molecule has 0 amide bonds. The number of hydrogen-bond donors (Lipinski definition) is 1. The molecule has 0 radical (unpaired) electrons. The maximum absolute atomic E-state index is 12.6. The predicted octanol–water partition coefficient (Wildman–Crippen LogP) is 4.46. The van der Waals surface area contributed by atoms with Crippen LogP contribution in [0.4, 0.5) is 11.4 Å². The lowest BCUT2D eigenvalue weighted by atomic mass is 10.1. The molecule has 7 heteroatoms. The van der Waals surface area contributed by atoms with Crippen LogP contribution in [0.5, 0.6) is 5.88 Å². The van der Waals surface area contributed by atoms with Gasteiger partial charge in [0.25, 0.3) is 5.56 Å². The van der Waals surface area contributed by atoms with Gasteiger partial charge in [0.2, 0.25) is 5.88 Å². The van der Waals surface area contributed by atoms with Crippen LogP contribution < -0.4 is 5.56 Å². The fraction of sp³-hybridized carbons (Fsp3) is 0.294. The van der Waals surface area contributed by atoms with Gasteiger partial charge in [0.15, 0.2) is 5.69 Å². The van der Waals surface area contributed by atoms with Crippen molar-refractivity contribution in [2.75, 3.05) is 0 Å². The molecule has 0 fully saturated rings. The monoisotopic (exact) mass is 344 g/mol. The highest BCUT2D eigenvalue weighted by atomic mass is 35.5. The molecule has 0 atom stereocenters. The molecule has 1 heterocycles. The Morgan fingerprint density at radius 3 is 2.46 bits per heavy atom. The molecule has 2 aromatic rings. The summed E-state index contributed by atoms with van der Waals surface area (Å²) in [4.78, 5) is 12.6. The van der Waals surface area contributed by atoms with Crippen LogP contribution in [0.1, 0.15) is 25.0 Å². The smallest absolute Gasteiger partial charge is 0.281 e. The van der Waals surface area contributed by atoms with Gasteiger partial charge in [-0.3, -0.25) is 9.36 Å². The Hall–Kier alpha value is -2.65. The standard InChI is InChI=1S/C17H17ClN4O2/c1-10(2)9-22-16(23)14(8-19)11(3)15(17(22)24)21-20-13-6-4-12(18)5-7-13/h4-7,10,23H,9H2,1-3H3. The summed E-state index contributed by atoms with van der Waals surface area (Å²) in [5, 5.41) is 28.1. The number of rotatable bonds is 4. The third-order valence-electron chi connectivity index (χ3n) is 3.41. The molecule has 0 bridgehead atoms. The Morgan fingerprint density at radius 2 is 1.92 bits per heavy atom. The maximum Gasteiger partial charge on any atom is 0.281 e. The van der Waals surface area contributed by atoms with E-state index in [9.17, 15) is 15.2 Å². The largest absolute Gasteiger partial charge is 0.493 e. The summed E-state index contributed by atoms with van der Waals surface area (Å²) in [6.07, 6.45) is 0. The minimum atomic E-state index is -0.476. The molecule has 0 spiro atoms. The zero-order valence-electron chi connectivity index (χ0n) is 13.6. The minimum absolute atomic E-state index is 0.0281. The van der Waals surface area contributed by atoms with Crippen LogP contribution >= 0.6 is 11.6 Å². The van der Waals surface area contributed by atoms with Gasteiger partial charge in [0, 0.05) is 17.1 Å². The van der Waals surface area contributed by atoms with Crippen LogP contribution in [-0.4, -0.2) is 9.67 Å². The lowest BCUT2D eigenvalue weighted by Gasteiger charge is -2.14. The zero-order chi connectivity index (χ0) is 17.9. The second kappa shape index (κ2) is 7.28. The highest BCUT2D eigenvalue weighted by molar-refractivity contribution is 6.30. The topological polar surface area (TPSA) is 90.7 Å². The number of benzene rings is 1. The summed E-state index contributed by atoms with van der Waals surface area (Å²) in [6, 6.07) is 8.58. The van der Waals surface area contributed by atoms with Crippen LogP contribution in [0, 0.1) is 24.2 Å². The molecular formula is C17H17ClN4O2. The molecule has 6 nitrogen and oxygen atoms in total. The van der Waals surface area contributed by atoms with Crippen LogP contribution in [0.3, 0.4) is 0 Å². The summed E-state index contributed by atoms with van der Waals surface area (Å²) in [5.74, 6) is -0.219. The maximum atomic E-state index is 12.6. The normalized spacial score (nSPS) is 11.2. The Labute approximate surface area is 144 Å². The van der Waals surface area contributed by atoms with E-state index in [4.69, 9.17) is 11.6 Å². The van der Waals surface area contributed by atoms with Crippen LogP contribution in [-0.2, 0) is 6.54 Å². The van der Waals surface area contributed by atoms with Gasteiger partial charge in [-0.2, -0.15) is 10.4 Å². The van der Waals surface area contributed by atoms with Gasteiger partial charge < -0.3 is 5.11 Å². The van der Waals surface area contributed by atoms with Crippen molar-refractivity contribution in [3.63, 3.8) is 0 Å². The van der Waals surface area contributed by atoms with E-state index in [2.05, 4.69) is 10.2 Å². The number of aromatic hydroxyl groups is 1. The number of aromatic nitrogens is 1. The Morgan fingerprint density at radius 1 is 1.29 bits per heavy atom. The third kappa shape index (κ3) is 3.63. The first kappa shape index (κ1) is 17.7. The Kier molecular flexibility index (Phi) is 5.37. The van der Waals surface area contributed by atoms with Crippen LogP contribution in [0.2, 0.25) is 5.02 Å². The van der Waals surface area contributed by atoms with Gasteiger partial charge in [0.05, 0.1) is 5.69 Å². The average Bonchev–Trinajstić information content (AvgIpc) is 2.53. The highest BCUT2D eigenvalue weighted by Crippen LogP contribution is 2.27. The zero-order valence-corrected chi connectivity index (χ0v) is 14.4.